The van der Waals surface area contributed by atoms with Gasteiger partial charge in [-0.3, -0.25) is 0 Å². The van der Waals surface area contributed by atoms with Gasteiger partial charge >= 0.3 is 5.97 Å². The van der Waals surface area contributed by atoms with Crippen molar-refractivity contribution in [1.82, 2.24) is 4.98 Å². The molecule has 0 aliphatic heterocycles. The molecular formula is C12H10FNO3. The first-order valence-electron chi connectivity index (χ1n) is 4.93. The normalized spacial score (nSPS) is 10.3. The van der Waals surface area contributed by atoms with Gasteiger partial charge < -0.3 is 9.15 Å². The molecule has 0 bridgehead atoms. The van der Waals surface area contributed by atoms with Gasteiger partial charge in [-0.15, -0.1) is 0 Å². The van der Waals surface area contributed by atoms with Crippen molar-refractivity contribution in [1.29, 1.82) is 0 Å². The molecule has 4 nitrogen and oxygen atoms in total. The molecule has 1 aromatic heterocycles. The van der Waals surface area contributed by atoms with E-state index in [-0.39, 0.29) is 17.5 Å². The number of hydrogen-bond donors (Lipinski definition) is 0. The third-order valence-electron chi connectivity index (χ3n) is 2.26. The maximum absolute atomic E-state index is 12.7. The van der Waals surface area contributed by atoms with Crippen molar-refractivity contribution >= 4 is 5.97 Å². The number of methoxy groups -OCH3 is 1. The Morgan fingerprint density at radius 3 is 2.59 bits per heavy atom. The summed E-state index contributed by atoms with van der Waals surface area (Å²) in [4.78, 5) is 15.4. The smallest absolute Gasteiger partial charge is 0.375 e. The van der Waals surface area contributed by atoms with Crippen molar-refractivity contribution in [2.45, 2.75) is 6.92 Å². The van der Waals surface area contributed by atoms with E-state index in [0.29, 0.717) is 11.3 Å². The van der Waals surface area contributed by atoms with Crippen LogP contribution in [0, 0.1) is 12.7 Å². The number of carbonyl (C=O) groups excluding carboxylic acids is 1. The summed E-state index contributed by atoms with van der Waals surface area (Å²) in [6.07, 6.45) is 0. The molecule has 0 radical (unpaired) electrons. The molecule has 1 aromatic carbocycles. The van der Waals surface area contributed by atoms with Gasteiger partial charge in [0.25, 0.3) is 0 Å². The summed E-state index contributed by atoms with van der Waals surface area (Å²) < 4.78 is 22.6. The predicted molar refractivity (Wildman–Crippen MR) is 58.0 cm³/mol. The minimum atomic E-state index is -0.580. The van der Waals surface area contributed by atoms with Gasteiger partial charge in [-0.1, -0.05) is 0 Å². The van der Waals surface area contributed by atoms with Crippen molar-refractivity contribution in [2.75, 3.05) is 7.11 Å². The molecule has 0 aliphatic carbocycles. The van der Waals surface area contributed by atoms with Gasteiger partial charge in [-0.2, -0.15) is 0 Å². The van der Waals surface area contributed by atoms with Crippen LogP contribution < -0.4 is 0 Å². The Bertz CT molecular complexity index is 545. The number of esters is 1. The highest BCUT2D eigenvalue weighted by molar-refractivity contribution is 5.87. The minimum absolute atomic E-state index is 0.0619. The van der Waals surface area contributed by atoms with Gasteiger partial charge in [0.15, 0.2) is 0 Å². The Hall–Kier alpha value is -2.17. The Morgan fingerprint density at radius 2 is 2.00 bits per heavy atom. The van der Waals surface area contributed by atoms with Crippen LogP contribution in [0.3, 0.4) is 0 Å². The lowest BCUT2D eigenvalue weighted by molar-refractivity contribution is 0.0565. The van der Waals surface area contributed by atoms with E-state index in [1.807, 2.05) is 0 Å². The lowest BCUT2D eigenvalue weighted by Gasteiger charge is -1.95. The van der Waals surface area contributed by atoms with Gasteiger partial charge in [-0.25, -0.2) is 14.2 Å². The molecule has 88 valence electrons. The summed E-state index contributed by atoms with van der Waals surface area (Å²) in [7, 11) is 1.27. The zero-order valence-corrected chi connectivity index (χ0v) is 9.36. The molecule has 2 aromatic rings. The topological polar surface area (TPSA) is 52.3 Å². The summed E-state index contributed by atoms with van der Waals surface area (Å²) in [6.45, 7) is 1.64. The molecule has 0 fully saturated rings. The number of benzene rings is 1. The lowest BCUT2D eigenvalue weighted by Crippen LogP contribution is -2.00. The van der Waals surface area contributed by atoms with Crippen LogP contribution in [0.15, 0.2) is 28.7 Å². The van der Waals surface area contributed by atoms with Crippen LogP contribution in [0.5, 0.6) is 0 Å². The summed E-state index contributed by atoms with van der Waals surface area (Å²) >= 11 is 0. The highest BCUT2D eigenvalue weighted by Gasteiger charge is 2.18. The zero-order chi connectivity index (χ0) is 12.4. The average Bonchev–Trinajstić information content (AvgIpc) is 2.71. The van der Waals surface area contributed by atoms with Crippen LogP contribution in [0.1, 0.15) is 16.2 Å². The van der Waals surface area contributed by atoms with Gasteiger partial charge in [0, 0.05) is 5.56 Å². The van der Waals surface area contributed by atoms with Crippen LogP contribution in [0.25, 0.3) is 11.5 Å². The van der Waals surface area contributed by atoms with E-state index in [1.165, 1.54) is 31.4 Å². The molecule has 0 unspecified atom stereocenters. The Morgan fingerprint density at radius 1 is 1.35 bits per heavy atom. The fourth-order valence-electron chi connectivity index (χ4n) is 1.39. The first-order chi connectivity index (χ1) is 8.11. The Kier molecular flexibility index (Phi) is 2.91. The maximum atomic E-state index is 12.7. The SMILES string of the molecule is COC(=O)c1oc(-c2ccc(F)cc2)nc1C. The Labute approximate surface area is 97.0 Å². The number of rotatable bonds is 2. The fraction of sp³-hybridized carbons (Fsp3) is 0.167. The minimum Gasteiger partial charge on any atom is -0.463 e. The maximum Gasteiger partial charge on any atom is 0.375 e. The van der Waals surface area contributed by atoms with E-state index < -0.39 is 5.97 Å². The molecule has 0 saturated carbocycles. The van der Waals surface area contributed by atoms with Crippen LogP contribution in [0.4, 0.5) is 4.39 Å². The number of carbonyl (C=O) groups is 1. The standard InChI is InChI=1S/C12H10FNO3/c1-7-10(12(15)16-2)17-11(14-7)8-3-5-9(13)6-4-8/h3-6H,1-2H3. The third-order valence-corrected chi connectivity index (χ3v) is 2.26. The number of ether oxygens (including phenoxy) is 1. The number of aromatic nitrogens is 1. The average molecular weight is 235 g/mol. The fourth-order valence-corrected chi connectivity index (χ4v) is 1.39. The van der Waals surface area contributed by atoms with E-state index in [2.05, 4.69) is 9.72 Å². The predicted octanol–water partition coefficient (Wildman–Crippen LogP) is 2.58. The Balaban J connectivity index is 2.41. The molecule has 0 saturated heterocycles. The molecule has 0 atom stereocenters. The van der Waals surface area contributed by atoms with Gasteiger partial charge in [0.2, 0.25) is 11.7 Å². The van der Waals surface area contributed by atoms with E-state index in [0.717, 1.165) is 0 Å². The highest BCUT2D eigenvalue weighted by Crippen LogP contribution is 2.22. The largest absolute Gasteiger partial charge is 0.463 e. The van der Waals surface area contributed by atoms with Crippen molar-refractivity contribution in [3.05, 3.63) is 41.5 Å². The summed E-state index contributed by atoms with van der Waals surface area (Å²) in [5, 5.41) is 0. The van der Waals surface area contributed by atoms with Crippen molar-refractivity contribution in [3.8, 4) is 11.5 Å². The van der Waals surface area contributed by atoms with Crippen molar-refractivity contribution in [3.63, 3.8) is 0 Å². The lowest BCUT2D eigenvalue weighted by atomic mass is 10.2. The molecule has 2 rings (SSSR count). The monoisotopic (exact) mass is 235 g/mol. The first-order valence-corrected chi connectivity index (χ1v) is 4.93. The molecular weight excluding hydrogens is 225 g/mol. The number of halogens is 1. The van der Waals surface area contributed by atoms with E-state index in [9.17, 15) is 9.18 Å². The second kappa shape index (κ2) is 4.37. The highest BCUT2D eigenvalue weighted by atomic mass is 19.1. The van der Waals surface area contributed by atoms with Crippen LogP contribution >= 0.6 is 0 Å². The van der Waals surface area contributed by atoms with Crippen molar-refractivity contribution < 1.29 is 18.3 Å². The van der Waals surface area contributed by atoms with Gasteiger partial charge in [-0.05, 0) is 31.2 Å². The summed E-state index contributed by atoms with van der Waals surface area (Å²) in [6, 6.07) is 5.66. The second-order valence-electron chi connectivity index (χ2n) is 3.43. The number of hydrogen-bond acceptors (Lipinski definition) is 4. The summed E-state index contributed by atoms with van der Waals surface area (Å²) in [5.74, 6) is -0.594. The van der Waals surface area contributed by atoms with Crippen LogP contribution in [-0.2, 0) is 4.74 Å². The number of oxazole rings is 1. The molecule has 17 heavy (non-hydrogen) atoms. The molecule has 0 spiro atoms. The zero-order valence-electron chi connectivity index (χ0n) is 9.36. The van der Waals surface area contributed by atoms with E-state index >= 15 is 0 Å². The molecule has 0 aliphatic rings. The summed E-state index contributed by atoms with van der Waals surface area (Å²) in [5.41, 5.74) is 1.04. The number of aryl methyl sites for hydroxylation is 1. The molecule has 0 amide bonds. The van der Waals surface area contributed by atoms with Gasteiger partial charge in [0.1, 0.15) is 5.82 Å². The van der Waals surface area contributed by atoms with E-state index in [4.69, 9.17) is 4.42 Å². The number of nitrogens with zero attached hydrogens (tertiary/aromatic N) is 1. The van der Waals surface area contributed by atoms with Crippen LogP contribution in [0.2, 0.25) is 0 Å². The first kappa shape index (κ1) is 11.3. The van der Waals surface area contributed by atoms with E-state index in [1.54, 1.807) is 6.92 Å². The molecule has 1 heterocycles. The second-order valence-corrected chi connectivity index (χ2v) is 3.43. The quantitative estimate of drug-likeness (QED) is 0.750. The van der Waals surface area contributed by atoms with Gasteiger partial charge in [0.05, 0.1) is 12.8 Å². The molecule has 5 heteroatoms. The third kappa shape index (κ3) is 2.18. The van der Waals surface area contributed by atoms with Crippen molar-refractivity contribution in [2.24, 2.45) is 0 Å². The van der Waals surface area contributed by atoms with Crippen LogP contribution in [-0.4, -0.2) is 18.1 Å². The molecule has 0 N–H and O–H groups in total.